The van der Waals surface area contributed by atoms with Crippen LogP contribution in [0.4, 0.5) is 0 Å². The van der Waals surface area contributed by atoms with Crippen LogP contribution in [-0.2, 0) is 26.2 Å². The molecule has 4 heterocycles. The maximum absolute atomic E-state index is 13.3. The van der Waals surface area contributed by atoms with Crippen molar-refractivity contribution in [2.45, 2.75) is 43.7 Å². The number of ether oxygens (including phenoxy) is 1. The van der Waals surface area contributed by atoms with Gasteiger partial charge in [0.25, 0.3) is 0 Å². The fourth-order valence-corrected chi connectivity index (χ4v) is 5.99. The molecule has 6 heteroatoms. The molecule has 1 amide bonds. The molecular weight excluding hydrogens is 344 g/mol. The molecule has 2 N–H and O–H groups in total. The number of nitrogens with zero attached hydrogens (tertiary/aromatic N) is 1. The average molecular weight is 368 g/mol. The number of H-pyrrole nitrogens is 1. The molecule has 0 spiro atoms. The lowest BCUT2D eigenvalue weighted by Crippen LogP contribution is -2.70. The Morgan fingerprint density at radius 3 is 2.93 bits per heavy atom. The third kappa shape index (κ3) is 1.99. The molecule has 3 aliphatic heterocycles. The Morgan fingerprint density at radius 2 is 2.19 bits per heavy atom. The summed E-state index contributed by atoms with van der Waals surface area (Å²) in [5.41, 5.74) is 2.03. The van der Waals surface area contributed by atoms with Crippen LogP contribution in [0.15, 0.2) is 24.3 Å². The van der Waals surface area contributed by atoms with Gasteiger partial charge in [-0.2, -0.15) is 0 Å². The number of para-hydroxylation sites is 1. The van der Waals surface area contributed by atoms with Gasteiger partial charge in [0, 0.05) is 35.0 Å². The van der Waals surface area contributed by atoms with Crippen LogP contribution in [0.25, 0.3) is 10.9 Å². The van der Waals surface area contributed by atoms with E-state index < -0.39 is 11.5 Å². The molecule has 1 aromatic heterocycles. The predicted octanol–water partition coefficient (Wildman–Crippen LogP) is 1.75. The summed E-state index contributed by atoms with van der Waals surface area (Å²) in [6.07, 6.45) is 1.18. The van der Waals surface area contributed by atoms with Gasteiger partial charge in [-0.05, 0) is 37.8 Å². The summed E-state index contributed by atoms with van der Waals surface area (Å²) in [5, 5.41) is 11.6. The van der Waals surface area contributed by atoms with E-state index >= 15 is 0 Å². The fraction of sp³-hybridized carbons (Fsp3) is 0.524. The van der Waals surface area contributed by atoms with Crippen LogP contribution in [0, 0.1) is 11.8 Å². The van der Waals surface area contributed by atoms with Crippen LogP contribution >= 0.6 is 0 Å². The van der Waals surface area contributed by atoms with Gasteiger partial charge in [-0.15, -0.1) is 0 Å². The summed E-state index contributed by atoms with van der Waals surface area (Å²) in [6, 6.07) is 7.67. The summed E-state index contributed by atoms with van der Waals surface area (Å²) < 4.78 is 5.31. The normalized spacial score (nSPS) is 32.9. The number of fused-ring (bicyclic) bond motifs is 4. The molecule has 27 heavy (non-hydrogen) atoms. The van der Waals surface area contributed by atoms with Gasteiger partial charge in [-0.3, -0.25) is 9.59 Å². The number of hydrogen-bond donors (Lipinski definition) is 2. The molecule has 2 aromatic rings. The smallest absolute Gasteiger partial charge is 0.319 e. The molecule has 1 aromatic carbocycles. The van der Waals surface area contributed by atoms with E-state index in [2.05, 4.69) is 11.1 Å². The number of aromatic nitrogens is 1. The summed E-state index contributed by atoms with van der Waals surface area (Å²) in [4.78, 5) is 31.6. The van der Waals surface area contributed by atoms with Gasteiger partial charge in [0.05, 0.1) is 19.3 Å². The van der Waals surface area contributed by atoms with Crippen molar-refractivity contribution in [1.82, 2.24) is 9.88 Å². The number of carbonyl (C=O) groups excluding carboxylic acids is 2. The van der Waals surface area contributed by atoms with E-state index in [9.17, 15) is 14.7 Å². The molecule has 0 radical (unpaired) electrons. The minimum atomic E-state index is -0.946. The molecule has 4 bridgehead atoms. The molecule has 6 rings (SSSR count). The van der Waals surface area contributed by atoms with Crippen LogP contribution < -0.4 is 0 Å². The highest BCUT2D eigenvalue weighted by Gasteiger charge is 2.66. The monoisotopic (exact) mass is 368 g/mol. The Balaban J connectivity index is 1.82. The van der Waals surface area contributed by atoms with Gasteiger partial charge in [0.2, 0.25) is 5.91 Å². The van der Waals surface area contributed by atoms with E-state index in [0.717, 1.165) is 22.2 Å². The van der Waals surface area contributed by atoms with Crippen molar-refractivity contribution in [2.24, 2.45) is 11.8 Å². The summed E-state index contributed by atoms with van der Waals surface area (Å²) in [7, 11) is 1.41. The molecule has 5 atom stereocenters. The molecule has 2 saturated heterocycles. The second-order valence-corrected chi connectivity index (χ2v) is 8.25. The van der Waals surface area contributed by atoms with Gasteiger partial charge in [-0.1, -0.05) is 18.2 Å². The van der Waals surface area contributed by atoms with Crippen LogP contribution in [0.2, 0.25) is 0 Å². The molecular formula is C21H24N2O4. The van der Waals surface area contributed by atoms with E-state index in [1.807, 2.05) is 23.1 Å². The minimum absolute atomic E-state index is 0.117. The SMILES string of the molecule is COC(=O)C12CC3CC(C(C)O)C1N(CCc1c2[nH]c2ccccc12)C3=O. The van der Waals surface area contributed by atoms with Crippen molar-refractivity contribution in [3.63, 3.8) is 0 Å². The second kappa shape index (κ2) is 5.58. The number of esters is 1. The molecule has 142 valence electrons. The Kier molecular flexibility index (Phi) is 3.47. The Hall–Kier alpha value is -2.34. The van der Waals surface area contributed by atoms with Gasteiger partial charge in [-0.25, -0.2) is 0 Å². The van der Waals surface area contributed by atoms with Crippen molar-refractivity contribution in [2.75, 3.05) is 13.7 Å². The number of aliphatic hydroxyl groups excluding tert-OH is 1. The zero-order valence-electron chi connectivity index (χ0n) is 15.6. The lowest BCUT2D eigenvalue weighted by atomic mass is 9.55. The van der Waals surface area contributed by atoms with Gasteiger partial charge in [0.15, 0.2) is 0 Å². The van der Waals surface area contributed by atoms with Gasteiger partial charge >= 0.3 is 5.97 Å². The quantitative estimate of drug-likeness (QED) is 0.792. The van der Waals surface area contributed by atoms with E-state index in [4.69, 9.17) is 4.74 Å². The first kappa shape index (κ1) is 16.8. The number of piperidine rings is 2. The Bertz CT molecular complexity index is 949. The second-order valence-electron chi connectivity index (χ2n) is 8.25. The Labute approximate surface area is 157 Å². The van der Waals surface area contributed by atoms with Crippen molar-refractivity contribution in [3.05, 3.63) is 35.5 Å². The fourth-order valence-electron chi connectivity index (χ4n) is 5.99. The topological polar surface area (TPSA) is 82.6 Å². The zero-order chi connectivity index (χ0) is 18.9. The van der Waals surface area contributed by atoms with E-state index in [1.165, 1.54) is 7.11 Å². The first-order valence-electron chi connectivity index (χ1n) is 9.66. The first-order valence-corrected chi connectivity index (χ1v) is 9.66. The standard InChI is InChI=1S/C21H24N2O4/c1-11(24)15-9-12-10-21(20(26)27-2)17-14(7-8-23(18(15)21)19(12)25)13-5-3-4-6-16(13)22-17/h3-6,11-12,15,18,22,24H,7-10H2,1-2H3. The van der Waals surface area contributed by atoms with Gasteiger partial charge in [0.1, 0.15) is 5.41 Å². The summed E-state index contributed by atoms with van der Waals surface area (Å²) >= 11 is 0. The summed E-state index contributed by atoms with van der Waals surface area (Å²) in [5.74, 6) is -0.593. The number of benzene rings is 1. The van der Waals surface area contributed by atoms with Crippen molar-refractivity contribution >= 4 is 22.8 Å². The Morgan fingerprint density at radius 1 is 1.41 bits per heavy atom. The van der Waals surface area contributed by atoms with Crippen LogP contribution in [0.3, 0.4) is 0 Å². The highest BCUT2D eigenvalue weighted by atomic mass is 16.5. The van der Waals surface area contributed by atoms with Crippen molar-refractivity contribution in [1.29, 1.82) is 0 Å². The number of hydrogen-bond acceptors (Lipinski definition) is 4. The highest BCUT2D eigenvalue weighted by molar-refractivity contribution is 5.95. The third-order valence-corrected chi connectivity index (χ3v) is 7.04. The summed E-state index contributed by atoms with van der Waals surface area (Å²) in [6.45, 7) is 2.33. The van der Waals surface area contributed by atoms with E-state index in [0.29, 0.717) is 25.8 Å². The lowest BCUT2D eigenvalue weighted by Gasteiger charge is -2.57. The predicted molar refractivity (Wildman–Crippen MR) is 99.1 cm³/mol. The number of aromatic amines is 1. The number of methoxy groups -OCH3 is 1. The largest absolute Gasteiger partial charge is 0.468 e. The molecule has 5 unspecified atom stereocenters. The van der Waals surface area contributed by atoms with Crippen LogP contribution in [-0.4, -0.2) is 52.7 Å². The number of nitrogens with one attached hydrogen (secondary N) is 1. The maximum atomic E-state index is 13.3. The molecule has 1 saturated carbocycles. The van der Waals surface area contributed by atoms with E-state index in [1.54, 1.807) is 6.92 Å². The van der Waals surface area contributed by atoms with Crippen molar-refractivity contribution in [3.8, 4) is 0 Å². The van der Waals surface area contributed by atoms with Crippen molar-refractivity contribution < 1.29 is 19.4 Å². The van der Waals surface area contributed by atoms with Crippen LogP contribution in [0.5, 0.6) is 0 Å². The number of rotatable bonds is 2. The number of carbonyl (C=O) groups is 2. The number of amides is 1. The number of aliphatic hydroxyl groups is 1. The van der Waals surface area contributed by atoms with Crippen LogP contribution in [0.1, 0.15) is 31.0 Å². The molecule has 4 aliphatic rings. The third-order valence-electron chi connectivity index (χ3n) is 7.04. The molecule has 3 fully saturated rings. The van der Waals surface area contributed by atoms with Gasteiger partial charge < -0.3 is 19.7 Å². The zero-order valence-corrected chi connectivity index (χ0v) is 15.6. The maximum Gasteiger partial charge on any atom is 0.319 e. The minimum Gasteiger partial charge on any atom is -0.468 e. The highest BCUT2D eigenvalue weighted by Crippen LogP contribution is 2.55. The molecule has 1 aliphatic carbocycles. The lowest BCUT2D eigenvalue weighted by molar-refractivity contribution is -0.176. The first-order chi connectivity index (χ1) is 13.0. The average Bonchev–Trinajstić information content (AvgIpc) is 3.00. The van der Waals surface area contributed by atoms with E-state index in [-0.39, 0.29) is 29.8 Å². The molecule has 6 nitrogen and oxygen atoms in total.